The van der Waals surface area contributed by atoms with Gasteiger partial charge in [-0.15, -0.1) is 0 Å². The summed E-state index contributed by atoms with van der Waals surface area (Å²) >= 11 is 0. The molecule has 2 nitrogen and oxygen atoms in total. The number of diazo groups is 1. The lowest BCUT2D eigenvalue weighted by molar-refractivity contribution is 0.368. The normalized spacial score (nSPS) is 13.3. The van der Waals surface area contributed by atoms with Crippen LogP contribution < -0.4 is 0 Å². The minimum absolute atomic E-state index is 0.725. The van der Waals surface area contributed by atoms with E-state index < -0.39 is 7.25 Å². The lowest BCUT2D eigenvalue weighted by Crippen LogP contribution is -2.02. The number of rotatable bonds is 0. The first-order valence-corrected chi connectivity index (χ1v) is 7.27. The molecule has 2 aromatic rings. The fourth-order valence-corrected chi connectivity index (χ4v) is 2.51. The minimum atomic E-state index is -6.00. The number of halogens is 4. The maximum absolute atomic E-state index is 9.75. The van der Waals surface area contributed by atoms with Crippen LogP contribution in [-0.4, -0.2) is 7.25 Å². The fraction of sp³-hybridized carbons (Fsp3) is 0.250. The number of aryl methyl sites for hydroxylation is 4. The molecule has 0 heterocycles. The molecule has 0 amide bonds. The molecule has 2 aromatic carbocycles. The summed E-state index contributed by atoms with van der Waals surface area (Å²) < 4.78 is 39.0. The SMILES string of the molecule is F[B-](F)(F)F.N#[N+]c1cc2ccc1CCc1ccc(cc1)CC2. The Kier molecular flexibility index (Phi) is 5.38. The summed E-state index contributed by atoms with van der Waals surface area (Å²) in [7, 11) is -6.00. The van der Waals surface area contributed by atoms with E-state index in [0.29, 0.717) is 0 Å². The predicted octanol–water partition coefficient (Wildman–Crippen LogP) is 5.35. The molecular weight excluding hydrogens is 307 g/mol. The van der Waals surface area contributed by atoms with Crippen molar-refractivity contribution in [3.05, 3.63) is 69.7 Å². The summed E-state index contributed by atoms with van der Waals surface area (Å²) in [4.78, 5) is 3.42. The molecule has 0 saturated heterocycles. The van der Waals surface area contributed by atoms with Gasteiger partial charge in [0.15, 0.2) is 4.98 Å². The highest BCUT2D eigenvalue weighted by Crippen LogP contribution is 2.24. The van der Waals surface area contributed by atoms with Gasteiger partial charge >= 0.3 is 12.9 Å². The Morgan fingerprint density at radius 2 is 1.17 bits per heavy atom. The molecule has 0 spiro atoms. The molecule has 4 bridgehead atoms. The van der Waals surface area contributed by atoms with Gasteiger partial charge in [0.2, 0.25) is 5.39 Å². The van der Waals surface area contributed by atoms with Crippen molar-refractivity contribution in [3.8, 4) is 0 Å². The van der Waals surface area contributed by atoms with Crippen LogP contribution in [0.5, 0.6) is 0 Å². The lowest BCUT2D eigenvalue weighted by Gasteiger charge is -2.07. The summed E-state index contributed by atoms with van der Waals surface area (Å²) in [6.07, 6.45) is 3.92. The van der Waals surface area contributed by atoms with Crippen LogP contribution in [0.3, 0.4) is 0 Å². The maximum atomic E-state index is 9.75. The van der Waals surface area contributed by atoms with Crippen LogP contribution >= 0.6 is 0 Å². The van der Waals surface area contributed by atoms with Crippen LogP contribution in [0.2, 0.25) is 0 Å². The zero-order chi connectivity index (χ0) is 16.9. The van der Waals surface area contributed by atoms with E-state index in [0.717, 1.165) is 36.9 Å². The van der Waals surface area contributed by atoms with Gasteiger partial charge < -0.3 is 17.3 Å². The van der Waals surface area contributed by atoms with Crippen LogP contribution in [-0.2, 0) is 25.7 Å². The quantitative estimate of drug-likeness (QED) is 0.365. The third-order valence-corrected chi connectivity index (χ3v) is 3.67. The lowest BCUT2D eigenvalue weighted by atomic mass is 9.96. The van der Waals surface area contributed by atoms with Crippen molar-refractivity contribution < 1.29 is 17.3 Å². The number of benzene rings is 2. The molecule has 0 unspecified atom stereocenters. The molecule has 0 atom stereocenters. The van der Waals surface area contributed by atoms with Crippen molar-refractivity contribution in [1.29, 1.82) is 5.39 Å². The maximum Gasteiger partial charge on any atom is 0.673 e. The van der Waals surface area contributed by atoms with E-state index in [1.807, 2.05) is 6.07 Å². The van der Waals surface area contributed by atoms with Crippen molar-refractivity contribution in [2.45, 2.75) is 25.7 Å². The Hall–Kier alpha value is -2.36. The molecule has 6 rings (SSSR count). The van der Waals surface area contributed by atoms with Gasteiger partial charge in [0.25, 0.3) is 0 Å². The van der Waals surface area contributed by atoms with E-state index in [9.17, 15) is 17.3 Å². The van der Waals surface area contributed by atoms with E-state index in [2.05, 4.69) is 41.4 Å². The van der Waals surface area contributed by atoms with Gasteiger partial charge in [0.1, 0.15) is 0 Å². The molecule has 0 saturated carbocycles. The van der Waals surface area contributed by atoms with Crippen LogP contribution in [0.15, 0.2) is 42.5 Å². The third-order valence-electron chi connectivity index (χ3n) is 3.67. The zero-order valence-corrected chi connectivity index (χ0v) is 12.4. The number of nitrogens with zero attached hydrogens (tertiary/aromatic N) is 2. The van der Waals surface area contributed by atoms with Gasteiger partial charge in [-0.25, -0.2) is 0 Å². The van der Waals surface area contributed by atoms with Crippen LogP contribution in [0, 0.1) is 5.39 Å². The summed E-state index contributed by atoms with van der Waals surface area (Å²) in [6, 6.07) is 15.1. The summed E-state index contributed by atoms with van der Waals surface area (Å²) in [5.74, 6) is 0. The van der Waals surface area contributed by atoms with Crippen LogP contribution in [0.4, 0.5) is 23.0 Å². The first kappa shape index (κ1) is 17.0. The first-order valence-electron chi connectivity index (χ1n) is 7.27. The van der Waals surface area contributed by atoms with E-state index in [-0.39, 0.29) is 0 Å². The van der Waals surface area contributed by atoms with Crippen molar-refractivity contribution in [2.24, 2.45) is 0 Å². The molecule has 4 aliphatic rings. The molecule has 0 aromatic heterocycles. The van der Waals surface area contributed by atoms with E-state index >= 15 is 0 Å². The second-order valence-corrected chi connectivity index (χ2v) is 5.37. The Labute approximate surface area is 131 Å². The molecule has 4 aliphatic carbocycles. The highest BCUT2D eigenvalue weighted by Gasteiger charge is 2.20. The summed E-state index contributed by atoms with van der Waals surface area (Å²) in [5, 5.41) is 9.10. The Bertz CT molecular complexity index is 700. The predicted molar refractivity (Wildman–Crippen MR) is 82.6 cm³/mol. The third kappa shape index (κ3) is 5.74. The van der Waals surface area contributed by atoms with Crippen molar-refractivity contribution >= 4 is 12.9 Å². The highest BCUT2D eigenvalue weighted by atomic mass is 19.5. The molecule has 7 heteroatoms. The largest absolute Gasteiger partial charge is 0.673 e. The van der Waals surface area contributed by atoms with Crippen LogP contribution in [0.25, 0.3) is 4.98 Å². The van der Waals surface area contributed by atoms with E-state index in [1.165, 1.54) is 16.7 Å². The molecule has 23 heavy (non-hydrogen) atoms. The summed E-state index contributed by atoms with van der Waals surface area (Å²) in [6.45, 7) is 0. The van der Waals surface area contributed by atoms with Crippen molar-refractivity contribution in [3.63, 3.8) is 0 Å². The molecule has 0 aliphatic heterocycles. The van der Waals surface area contributed by atoms with Gasteiger partial charge in [-0.3, -0.25) is 0 Å². The molecule has 0 fully saturated rings. The Morgan fingerprint density at radius 3 is 1.70 bits per heavy atom. The zero-order valence-electron chi connectivity index (χ0n) is 12.4. The standard InChI is InChI=1S/C16H15N2.BF4/c17-18-16-11-14-6-5-12-1-3-13(4-2-12)7-9-15(16)10-8-14;2-1(3,4)5/h1-4,8,10-11H,5-7,9H2;/q+1;-1. The topological polar surface area (TPSA) is 28.1 Å². The average molecular weight is 322 g/mol. The second kappa shape index (κ2) is 7.27. The van der Waals surface area contributed by atoms with Gasteiger partial charge in [-0.2, -0.15) is 0 Å². The first-order chi connectivity index (χ1) is 10.8. The van der Waals surface area contributed by atoms with Gasteiger partial charge in [0.05, 0.1) is 0 Å². The van der Waals surface area contributed by atoms with Gasteiger partial charge in [-0.05, 0) is 42.4 Å². The average Bonchev–Trinajstić information content (AvgIpc) is 2.48. The second-order valence-electron chi connectivity index (χ2n) is 5.37. The monoisotopic (exact) mass is 322 g/mol. The van der Waals surface area contributed by atoms with Gasteiger partial charge in [-0.1, -0.05) is 36.4 Å². The summed E-state index contributed by atoms with van der Waals surface area (Å²) in [5.41, 5.74) is 5.78. The molecule has 0 radical (unpaired) electrons. The minimum Gasteiger partial charge on any atom is -0.418 e. The van der Waals surface area contributed by atoms with E-state index in [1.54, 1.807) is 0 Å². The molecular formula is C16H15BF4N2. The molecule has 0 N–H and O–H groups in total. The van der Waals surface area contributed by atoms with Gasteiger partial charge in [0, 0.05) is 11.6 Å². The Morgan fingerprint density at radius 1 is 0.739 bits per heavy atom. The van der Waals surface area contributed by atoms with Crippen molar-refractivity contribution in [2.75, 3.05) is 0 Å². The van der Waals surface area contributed by atoms with E-state index in [4.69, 9.17) is 5.39 Å². The molecule has 120 valence electrons. The fourth-order valence-electron chi connectivity index (χ4n) is 2.51. The highest BCUT2D eigenvalue weighted by molar-refractivity contribution is 6.50. The number of hydrogen-bond acceptors (Lipinski definition) is 1. The Balaban J connectivity index is 0.000000338. The number of hydrogen-bond donors (Lipinski definition) is 0. The van der Waals surface area contributed by atoms with Crippen molar-refractivity contribution in [1.82, 2.24) is 0 Å². The van der Waals surface area contributed by atoms with Crippen LogP contribution in [0.1, 0.15) is 22.3 Å². The smallest absolute Gasteiger partial charge is 0.418 e.